The number of para-hydroxylation sites is 1. The van der Waals surface area contributed by atoms with E-state index in [9.17, 15) is 9.18 Å². The molecule has 0 fully saturated rings. The monoisotopic (exact) mass is 287 g/mol. The number of pyridine rings is 1. The predicted octanol–water partition coefficient (Wildman–Crippen LogP) is 2.69. The molecular formula is C15H14FN3O2. The Morgan fingerprint density at radius 1 is 1.33 bits per heavy atom. The summed E-state index contributed by atoms with van der Waals surface area (Å²) in [5, 5.41) is 2.57. The van der Waals surface area contributed by atoms with Crippen LogP contribution in [0.5, 0.6) is 11.6 Å². The number of nitrogens with one attached hydrogen (secondary N) is 1. The van der Waals surface area contributed by atoms with Gasteiger partial charge in [0.1, 0.15) is 0 Å². The molecule has 21 heavy (non-hydrogen) atoms. The summed E-state index contributed by atoms with van der Waals surface area (Å²) >= 11 is 0. The van der Waals surface area contributed by atoms with Crippen LogP contribution < -0.4 is 10.1 Å². The van der Waals surface area contributed by atoms with Crippen molar-refractivity contribution in [1.82, 2.24) is 15.2 Å². The lowest BCUT2D eigenvalue weighted by Crippen LogP contribution is -2.39. The highest BCUT2D eigenvalue weighted by Crippen LogP contribution is 2.45. The zero-order valence-electron chi connectivity index (χ0n) is 11.6. The lowest BCUT2D eigenvalue weighted by Gasteiger charge is -2.33. The molecule has 6 heteroatoms. The van der Waals surface area contributed by atoms with E-state index in [2.05, 4.69) is 10.3 Å². The van der Waals surface area contributed by atoms with Crippen LogP contribution in [-0.2, 0) is 0 Å². The molecule has 1 aromatic heterocycles. The molecule has 1 aromatic carbocycles. The molecule has 3 rings (SSSR count). The van der Waals surface area contributed by atoms with Crippen LogP contribution >= 0.6 is 0 Å². The molecule has 0 saturated heterocycles. The van der Waals surface area contributed by atoms with Crippen LogP contribution in [0.1, 0.15) is 17.2 Å². The van der Waals surface area contributed by atoms with Gasteiger partial charge in [-0.25, -0.2) is 14.2 Å². The molecule has 1 unspecified atom stereocenters. The Bertz CT molecular complexity index is 705. The zero-order valence-corrected chi connectivity index (χ0v) is 11.6. The Balaban J connectivity index is 2.19. The molecule has 0 bridgehead atoms. The maximum absolute atomic E-state index is 14.0. The second-order valence-corrected chi connectivity index (χ2v) is 4.73. The van der Waals surface area contributed by atoms with E-state index in [4.69, 9.17) is 4.74 Å². The lowest BCUT2D eigenvalue weighted by molar-refractivity contribution is 0.196. The number of hydrogen-bond donors (Lipinski definition) is 1. The Morgan fingerprint density at radius 3 is 2.86 bits per heavy atom. The van der Waals surface area contributed by atoms with Crippen LogP contribution in [0.3, 0.4) is 0 Å². The van der Waals surface area contributed by atoms with Gasteiger partial charge >= 0.3 is 6.03 Å². The first kappa shape index (κ1) is 13.4. The van der Waals surface area contributed by atoms with Crippen LogP contribution in [0.4, 0.5) is 9.18 Å². The number of urea groups is 1. The third-order valence-corrected chi connectivity index (χ3v) is 3.51. The summed E-state index contributed by atoms with van der Waals surface area (Å²) < 4.78 is 19.6. The molecule has 0 spiro atoms. The van der Waals surface area contributed by atoms with Gasteiger partial charge in [-0.05, 0) is 18.2 Å². The third kappa shape index (κ3) is 2.08. The second-order valence-electron chi connectivity index (χ2n) is 4.73. The number of fused-ring (bicyclic) bond motifs is 2. The van der Waals surface area contributed by atoms with Gasteiger partial charge in [0.25, 0.3) is 0 Å². The molecule has 5 nitrogen and oxygen atoms in total. The van der Waals surface area contributed by atoms with Gasteiger partial charge in [0.05, 0.1) is 6.04 Å². The van der Waals surface area contributed by atoms with E-state index in [1.807, 2.05) is 6.07 Å². The summed E-state index contributed by atoms with van der Waals surface area (Å²) in [5.41, 5.74) is 1.32. The Hall–Kier alpha value is -2.63. The molecule has 1 aliphatic rings. The topological polar surface area (TPSA) is 54.5 Å². The SMILES string of the molecule is CNC(=O)N(C)C1c2cccnc2Oc2c(F)cccc21. The number of hydrogen-bond acceptors (Lipinski definition) is 3. The maximum atomic E-state index is 14.0. The number of rotatable bonds is 1. The Morgan fingerprint density at radius 2 is 2.10 bits per heavy atom. The number of nitrogens with zero attached hydrogens (tertiary/aromatic N) is 2. The minimum Gasteiger partial charge on any atom is -0.435 e. The van der Waals surface area contributed by atoms with Gasteiger partial charge in [0.2, 0.25) is 5.88 Å². The molecule has 1 aliphatic heterocycles. The average molecular weight is 287 g/mol. The third-order valence-electron chi connectivity index (χ3n) is 3.51. The summed E-state index contributed by atoms with van der Waals surface area (Å²) in [7, 11) is 3.20. The molecule has 2 amide bonds. The summed E-state index contributed by atoms with van der Waals surface area (Å²) in [5.74, 6) is -0.0422. The van der Waals surface area contributed by atoms with Crippen molar-refractivity contribution in [2.75, 3.05) is 14.1 Å². The highest BCUT2D eigenvalue weighted by atomic mass is 19.1. The fourth-order valence-corrected chi connectivity index (χ4v) is 2.52. The molecular weight excluding hydrogens is 273 g/mol. The van der Waals surface area contributed by atoms with Gasteiger partial charge in [0, 0.05) is 31.4 Å². The maximum Gasteiger partial charge on any atom is 0.317 e. The summed E-state index contributed by atoms with van der Waals surface area (Å²) in [6.07, 6.45) is 1.57. The van der Waals surface area contributed by atoms with Crippen molar-refractivity contribution < 1.29 is 13.9 Å². The van der Waals surface area contributed by atoms with Crippen molar-refractivity contribution in [2.24, 2.45) is 0 Å². The number of aromatic nitrogens is 1. The number of carbonyl (C=O) groups is 1. The van der Waals surface area contributed by atoms with Crippen molar-refractivity contribution in [3.8, 4) is 11.6 Å². The normalized spacial score (nSPS) is 15.5. The minimum atomic E-state index is -0.473. The molecule has 2 heterocycles. The van der Waals surface area contributed by atoms with Crippen molar-refractivity contribution >= 4 is 6.03 Å². The van der Waals surface area contributed by atoms with Crippen LogP contribution in [0.25, 0.3) is 0 Å². The first-order valence-electron chi connectivity index (χ1n) is 6.49. The van der Waals surface area contributed by atoms with Gasteiger partial charge in [0.15, 0.2) is 11.6 Å². The first-order valence-corrected chi connectivity index (χ1v) is 6.49. The lowest BCUT2D eigenvalue weighted by atomic mass is 9.95. The van der Waals surface area contributed by atoms with Gasteiger partial charge < -0.3 is 15.0 Å². The fourth-order valence-electron chi connectivity index (χ4n) is 2.52. The van der Waals surface area contributed by atoms with E-state index in [0.29, 0.717) is 11.4 Å². The Labute approximate surface area is 121 Å². The van der Waals surface area contributed by atoms with Gasteiger partial charge in [-0.1, -0.05) is 12.1 Å². The van der Waals surface area contributed by atoms with E-state index in [-0.39, 0.29) is 11.8 Å². The van der Waals surface area contributed by atoms with Crippen LogP contribution in [0.2, 0.25) is 0 Å². The number of carbonyl (C=O) groups excluding carboxylic acids is 1. The van der Waals surface area contributed by atoms with E-state index in [0.717, 1.165) is 5.56 Å². The molecule has 0 radical (unpaired) electrons. The van der Waals surface area contributed by atoms with Crippen molar-refractivity contribution in [2.45, 2.75) is 6.04 Å². The predicted molar refractivity (Wildman–Crippen MR) is 74.8 cm³/mol. The smallest absolute Gasteiger partial charge is 0.317 e. The summed E-state index contributed by atoms with van der Waals surface area (Å²) in [4.78, 5) is 17.6. The summed E-state index contributed by atoms with van der Waals surface area (Å²) in [6, 6.07) is 7.53. The largest absolute Gasteiger partial charge is 0.435 e. The standard InChI is InChI=1S/C15H14FN3O2/c1-17-15(20)19(2)12-9-5-3-7-11(16)13(9)21-14-10(12)6-4-8-18-14/h3-8,12H,1-2H3,(H,17,20). The summed E-state index contributed by atoms with van der Waals surface area (Å²) in [6.45, 7) is 0. The number of amides is 2. The van der Waals surface area contributed by atoms with Crippen LogP contribution in [0.15, 0.2) is 36.5 Å². The number of ether oxygens (including phenoxy) is 1. The zero-order chi connectivity index (χ0) is 15.0. The molecule has 0 saturated carbocycles. The molecule has 0 aliphatic carbocycles. The Kier molecular flexibility index (Phi) is 3.21. The number of benzene rings is 1. The molecule has 1 N–H and O–H groups in total. The molecule has 108 valence electrons. The molecule has 2 aromatic rings. The molecule has 1 atom stereocenters. The van der Waals surface area contributed by atoms with E-state index < -0.39 is 11.9 Å². The van der Waals surface area contributed by atoms with Crippen LogP contribution in [0, 0.1) is 5.82 Å². The van der Waals surface area contributed by atoms with Crippen molar-refractivity contribution in [3.05, 3.63) is 53.5 Å². The highest BCUT2D eigenvalue weighted by molar-refractivity contribution is 5.75. The van der Waals surface area contributed by atoms with Crippen LogP contribution in [-0.4, -0.2) is 30.0 Å². The van der Waals surface area contributed by atoms with Gasteiger partial charge in [-0.3, -0.25) is 0 Å². The van der Waals surface area contributed by atoms with E-state index in [1.54, 1.807) is 38.5 Å². The fraction of sp³-hybridized carbons (Fsp3) is 0.200. The minimum absolute atomic E-state index is 0.115. The van der Waals surface area contributed by atoms with Crippen molar-refractivity contribution in [1.29, 1.82) is 0 Å². The van der Waals surface area contributed by atoms with Crippen molar-refractivity contribution in [3.63, 3.8) is 0 Å². The quantitative estimate of drug-likeness (QED) is 0.877. The van der Waals surface area contributed by atoms with E-state index >= 15 is 0 Å². The number of halogens is 1. The van der Waals surface area contributed by atoms with Gasteiger partial charge in [-0.2, -0.15) is 0 Å². The highest BCUT2D eigenvalue weighted by Gasteiger charge is 2.34. The second kappa shape index (κ2) is 5.05. The van der Waals surface area contributed by atoms with E-state index in [1.165, 1.54) is 11.0 Å². The first-order chi connectivity index (χ1) is 10.1. The van der Waals surface area contributed by atoms with Gasteiger partial charge in [-0.15, -0.1) is 0 Å². The average Bonchev–Trinajstić information content (AvgIpc) is 2.52.